The molecule has 2 atom stereocenters. The van der Waals surface area contributed by atoms with Crippen molar-refractivity contribution in [3.63, 3.8) is 0 Å². The van der Waals surface area contributed by atoms with Crippen LogP contribution < -0.4 is 10.6 Å². The number of aromatic nitrogens is 1. The molecule has 118 valence electrons. The number of rotatable bonds is 6. The quantitative estimate of drug-likeness (QED) is 0.705. The average Bonchev–Trinajstić information content (AvgIpc) is 2.90. The van der Waals surface area contributed by atoms with E-state index in [4.69, 9.17) is 0 Å². The van der Waals surface area contributed by atoms with Crippen LogP contribution in [0.3, 0.4) is 0 Å². The van der Waals surface area contributed by atoms with Crippen molar-refractivity contribution in [3.8, 4) is 0 Å². The van der Waals surface area contributed by atoms with E-state index in [0.29, 0.717) is 6.54 Å². The fourth-order valence-corrected chi connectivity index (χ4v) is 3.61. The number of urea groups is 1. The van der Waals surface area contributed by atoms with Gasteiger partial charge in [0.05, 0.1) is 5.01 Å². The van der Waals surface area contributed by atoms with Gasteiger partial charge in [-0.25, -0.2) is 9.78 Å². The fourth-order valence-electron chi connectivity index (χ4n) is 2.79. The number of amides is 2. The Labute approximate surface area is 130 Å². The van der Waals surface area contributed by atoms with Gasteiger partial charge in [0.1, 0.15) is 0 Å². The zero-order valence-electron chi connectivity index (χ0n) is 12.6. The smallest absolute Gasteiger partial charge is 0.315 e. The topological polar surface area (TPSA) is 74.2 Å². The van der Waals surface area contributed by atoms with Gasteiger partial charge in [0.15, 0.2) is 0 Å². The first-order valence-electron chi connectivity index (χ1n) is 7.75. The number of hydrogen-bond donors (Lipinski definition) is 3. The minimum absolute atomic E-state index is 0.115. The van der Waals surface area contributed by atoms with Crippen molar-refractivity contribution in [3.05, 3.63) is 16.1 Å². The first kappa shape index (κ1) is 16.2. The number of carbonyl (C=O) groups excluding carboxylic acids is 1. The van der Waals surface area contributed by atoms with E-state index in [-0.39, 0.29) is 24.6 Å². The molecule has 1 aromatic heterocycles. The maximum absolute atomic E-state index is 11.9. The summed E-state index contributed by atoms with van der Waals surface area (Å²) in [5, 5.41) is 18.4. The lowest BCUT2D eigenvalue weighted by Gasteiger charge is -2.30. The normalized spacial score (nSPS) is 22.0. The molecular formula is C15H25N3O2S. The van der Waals surface area contributed by atoms with Gasteiger partial charge in [0.2, 0.25) is 0 Å². The molecule has 1 fully saturated rings. The maximum atomic E-state index is 11.9. The van der Waals surface area contributed by atoms with Crippen LogP contribution in [0.15, 0.2) is 5.38 Å². The Kier molecular flexibility index (Phi) is 6.45. The molecule has 1 aliphatic rings. The highest BCUT2D eigenvalue weighted by molar-refractivity contribution is 7.09. The van der Waals surface area contributed by atoms with Crippen molar-refractivity contribution >= 4 is 17.4 Å². The molecule has 5 nitrogen and oxygen atoms in total. The van der Waals surface area contributed by atoms with Gasteiger partial charge in [0, 0.05) is 42.6 Å². The van der Waals surface area contributed by atoms with Gasteiger partial charge in [0.25, 0.3) is 0 Å². The molecule has 2 unspecified atom stereocenters. The van der Waals surface area contributed by atoms with Crippen molar-refractivity contribution < 1.29 is 9.90 Å². The summed E-state index contributed by atoms with van der Waals surface area (Å²) in [6.45, 7) is 2.81. The van der Waals surface area contributed by atoms with Crippen LogP contribution in [0.2, 0.25) is 0 Å². The molecule has 0 aliphatic heterocycles. The van der Waals surface area contributed by atoms with E-state index in [1.54, 1.807) is 11.3 Å². The van der Waals surface area contributed by atoms with Gasteiger partial charge in [-0.05, 0) is 26.2 Å². The molecule has 1 aromatic rings. The number of aliphatic hydroxyl groups excluding tert-OH is 1. The van der Waals surface area contributed by atoms with Crippen LogP contribution in [-0.4, -0.2) is 35.3 Å². The van der Waals surface area contributed by atoms with Crippen molar-refractivity contribution in [1.82, 2.24) is 15.6 Å². The highest BCUT2D eigenvalue weighted by Gasteiger charge is 2.25. The summed E-state index contributed by atoms with van der Waals surface area (Å²) in [6.07, 6.45) is 6.06. The van der Waals surface area contributed by atoms with Crippen molar-refractivity contribution in [2.45, 2.75) is 51.5 Å². The predicted molar refractivity (Wildman–Crippen MR) is 84.5 cm³/mol. The van der Waals surface area contributed by atoms with Gasteiger partial charge in [-0.15, -0.1) is 11.3 Å². The van der Waals surface area contributed by atoms with Gasteiger partial charge >= 0.3 is 6.03 Å². The number of nitrogens with one attached hydrogen (secondary N) is 2. The summed E-state index contributed by atoms with van der Waals surface area (Å²) in [5.41, 5.74) is 1.06. The Balaban J connectivity index is 1.62. The van der Waals surface area contributed by atoms with Crippen LogP contribution in [0, 0.1) is 12.8 Å². The molecule has 0 bridgehead atoms. The van der Waals surface area contributed by atoms with Crippen molar-refractivity contribution in [1.29, 1.82) is 0 Å². The van der Waals surface area contributed by atoms with Crippen molar-refractivity contribution in [2.75, 3.05) is 13.2 Å². The third kappa shape index (κ3) is 5.28. The van der Waals surface area contributed by atoms with Crippen LogP contribution in [0.1, 0.15) is 42.8 Å². The van der Waals surface area contributed by atoms with E-state index in [9.17, 15) is 9.90 Å². The van der Waals surface area contributed by atoms with Crippen LogP contribution >= 0.6 is 11.3 Å². The molecule has 2 amide bonds. The number of hydrogen-bond acceptors (Lipinski definition) is 4. The summed E-state index contributed by atoms with van der Waals surface area (Å²) in [5.74, 6) is 0.211. The fraction of sp³-hybridized carbons (Fsp3) is 0.733. The first-order valence-corrected chi connectivity index (χ1v) is 8.63. The van der Waals surface area contributed by atoms with Gasteiger partial charge in [-0.1, -0.05) is 12.8 Å². The number of aliphatic hydroxyl groups is 1. The Morgan fingerprint density at radius 3 is 3.00 bits per heavy atom. The lowest BCUT2D eigenvalue weighted by atomic mass is 9.85. The lowest BCUT2D eigenvalue weighted by Crippen LogP contribution is -2.47. The molecule has 1 aliphatic carbocycles. The standard InChI is InChI=1S/C15H25N3O2S/c1-11-10-21-14(17-11)7-4-8-16-15(20)18-13-6-3-2-5-12(13)9-19/h10,12-13,19H,2-9H2,1H3,(H2,16,18,20). The third-order valence-corrected chi connectivity index (χ3v) is 5.01. The molecule has 3 N–H and O–H groups in total. The Bertz CT molecular complexity index is 450. The van der Waals surface area contributed by atoms with E-state index in [0.717, 1.165) is 49.2 Å². The zero-order valence-corrected chi connectivity index (χ0v) is 13.4. The highest BCUT2D eigenvalue weighted by Crippen LogP contribution is 2.23. The lowest BCUT2D eigenvalue weighted by molar-refractivity contribution is 0.153. The molecule has 6 heteroatoms. The van der Waals surface area contributed by atoms with E-state index < -0.39 is 0 Å². The Hall–Kier alpha value is -1.14. The summed E-state index contributed by atoms with van der Waals surface area (Å²) < 4.78 is 0. The highest BCUT2D eigenvalue weighted by atomic mass is 32.1. The molecule has 0 spiro atoms. The summed E-state index contributed by atoms with van der Waals surface area (Å²) in [6, 6.07) is 0.000955. The van der Waals surface area contributed by atoms with Gasteiger partial charge in [-0.3, -0.25) is 0 Å². The second-order valence-corrected chi connectivity index (χ2v) is 6.66. The molecular weight excluding hydrogens is 286 g/mol. The van der Waals surface area contributed by atoms with E-state index in [2.05, 4.69) is 15.6 Å². The molecule has 0 saturated heterocycles. The second-order valence-electron chi connectivity index (χ2n) is 5.72. The SMILES string of the molecule is Cc1csc(CCCNC(=O)NC2CCCCC2CO)n1. The first-order chi connectivity index (χ1) is 10.2. The maximum Gasteiger partial charge on any atom is 0.315 e. The molecule has 1 saturated carbocycles. The Morgan fingerprint density at radius 2 is 2.29 bits per heavy atom. The molecule has 1 heterocycles. The third-order valence-electron chi connectivity index (χ3n) is 3.98. The van der Waals surface area contributed by atoms with Crippen LogP contribution in [0.5, 0.6) is 0 Å². The zero-order chi connectivity index (χ0) is 15.1. The van der Waals surface area contributed by atoms with Crippen molar-refractivity contribution in [2.24, 2.45) is 5.92 Å². The van der Waals surface area contributed by atoms with Crippen LogP contribution in [-0.2, 0) is 6.42 Å². The van der Waals surface area contributed by atoms with Crippen LogP contribution in [0.25, 0.3) is 0 Å². The van der Waals surface area contributed by atoms with E-state index >= 15 is 0 Å². The average molecular weight is 311 g/mol. The van der Waals surface area contributed by atoms with Gasteiger partial charge < -0.3 is 15.7 Å². The molecule has 21 heavy (non-hydrogen) atoms. The minimum Gasteiger partial charge on any atom is -0.396 e. The summed E-state index contributed by atoms with van der Waals surface area (Å²) in [7, 11) is 0. The van der Waals surface area contributed by atoms with E-state index in [1.165, 1.54) is 0 Å². The number of nitrogens with zero attached hydrogens (tertiary/aromatic N) is 1. The number of thiazole rings is 1. The second kappa shape index (κ2) is 8.34. The summed E-state index contributed by atoms with van der Waals surface area (Å²) >= 11 is 1.67. The molecule has 2 rings (SSSR count). The largest absolute Gasteiger partial charge is 0.396 e. The Morgan fingerprint density at radius 1 is 1.48 bits per heavy atom. The molecule has 0 aromatic carbocycles. The minimum atomic E-state index is -0.115. The van der Waals surface area contributed by atoms with Gasteiger partial charge in [-0.2, -0.15) is 0 Å². The van der Waals surface area contributed by atoms with E-state index in [1.807, 2.05) is 12.3 Å². The molecule has 0 radical (unpaired) electrons. The predicted octanol–water partition coefficient (Wildman–Crippen LogP) is 2.23. The monoisotopic (exact) mass is 311 g/mol. The van der Waals surface area contributed by atoms with Crippen LogP contribution in [0.4, 0.5) is 4.79 Å². The number of aryl methyl sites for hydroxylation is 2. The summed E-state index contributed by atoms with van der Waals surface area (Å²) in [4.78, 5) is 16.3. The number of carbonyl (C=O) groups is 1.